The highest BCUT2D eigenvalue weighted by atomic mass is 35.5. The summed E-state index contributed by atoms with van der Waals surface area (Å²) in [4.78, 5) is 0. The molecule has 8 heteroatoms. The number of ether oxygens (including phenoxy) is 1. The molecule has 0 aliphatic rings. The highest BCUT2D eigenvalue weighted by molar-refractivity contribution is 7.80. The number of nitrogens with zero attached hydrogens (tertiary/aromatic N) is 3. The molecule has 102 valence electrons. The zero-order valence-corrected chi connectivity index (χ0v) is 11.7. The molecule has 2 rings (SSSR count). The van der Waals surface area contributed by atoms with E-state index in [-0.39, 0.29) is 5.11 Å². The Balaban J connectivity index is 2.07. The predicted octanol–water partition coefficient (Wildman–Crippen LogP) is 2.09. The van der Waals surface area contributed by atoms with Crippen molar-refractivity contribution in [3.05, 3.63) is 47.1 Å². The number of benzene rings is 1. The van der Waals surface area contributed by atoms with Crippen LogP contribution in [0.2, 0.25) is 5.15 Å². The van der Waals surface area contributed by atoms with Crippen molar-refractivity contribution in [3.63, 3.8) is 0 Å². The fourth-order valence-corrected chi connectivity index (χ4v) is 1.46. The second kappa shape index (κ2) is 6.78. The maximum Gasteiger partial charge on any atom is 0.238 e. The van der Waals surface area contributed by atoms with Crippen LogP contribution in [-0.2, 0) is 0 Å². The van der Waals surface area contributed by atoms with Gasteiger partial charge >= 0.3 is 0 Å². The molecule has 3 N–H and O–H groups in total. The molecule has 1 heterocycles. The van der Waals surface area contributed by atoms with Crippen molar-refractivity contribution < 1.29 is 4.74 Å². The summed E-state index contributed by atoms with van der Waals surface area (Å²) < 4.78 is 5.54. The van der Waals surface area contributed by atoms with Gasteiger partial charge in [0.2, 0.25) is 5.88 Å². The first-order valence-electron chi connectivity index (χ1n) is 5.49. The lowest BCUT2D eigenvalue weighted by Crippen LogP contribution is -2.23. The number of hydrogen-bond donors (Lipinski definition) is 2. The van der Waals surface area contributed by atoms with Crippen molar-refractivity contribution in [2.45, 2.75) is 0 Å². The molecule has 1 aromatic carbocycles. The molecule has 0 unspecified atom stereocenters. The Morgan fingerprint density at radius 1 is 1.35 bits per heavy atom. The smallest absolute Gasteiger partial charge is 0.238 e. The molecule has 0 bridgehead atoms. The van der Waals surface area contributed by atoms with Crippen molar-refractivity contribution in [2.24, 2.45) is 10.8 Å². The molecule has 2 aromatic rings. The number of rotatable bonds is 4. The number of thiocarbonyl (C=S) groups is 1. The van der Waals surface area contributed by atoms with Crippen LogP contribution in [0.4, 0.5) is 0 Å². The SMILES string of the molecule is NC(=S)NN=Cc1cccc(Oc2ccc(Cl)nn2)c1. The van der Waals surface area contributed by atoms with E-state index < -0.39 is 0 Å². The average Bonchev–Trinajstić information content (AvgIpc) is 2.41. The van der Waals surface area contributed by atoms with Crippen LogP contribution in [0.25, 0.3) is 0 Å². The molecule has 0 aliphatic heterocycles. The fourth-order valence-electron chi connectivity index (χ4n) is 1.31. The zero-order valence-electron chi connectivity index (χ0n) is 10.2. The minimum Gasteiger partial charge on any atom is -0.438 e. The minimum atomic E-state index is 0.102. The van der Waals surface area contributed by atoms with E-state index in [1.807, 2.05) is 12.1 Å². The monoisotopic (exact) mass is 307 g/mol. The van der Waals surface area contributed by atoms with Crippen LogP contribution in [0.5, 0.6) is 11.6 Å². The van der Waals surface area contributed by atoms with E-state index in [1.165, 1.54) is 0 Å². The second-order valence-corrected chi connectivity index (χ2v) is 4.43. The maximum absolute atomic E-state index is 5.65. The number of nitrogens with two attached hydrogens (primary N) is 1. The molecular formula is C12H10ClN5OS. The first-order chi connectivity index (χ1) is 9.63. The van der Waals surface area contributed by atoms with Crippen LogP contribution in [0, 0.1) is 0 Å². The Hall–Kier alpha value is -2.25. The van der Waals surface area contributed by atoms with Gasteiger partial charge in [0.1, 0.15) is 5.75 Å². The van der Waals surface area contributed by atoms with Gasteiger partial charge in [0, 0.05) is 6.07 Å². The van der Waals surface area contributed by atoms with E-state index in [0.717, 1.165) is 5.56 Å². The summed E-state index contributed by atoms with van der Waals surface area (Å²) in [7, 11) is 0. The molecule has 0 fully saturated rings. The van der Waals surface area contributed by atoms with Crippen LogP contribution in [0.1, 0.15) is 5.56 Å². The lowest BCUT2D eigenvalue weighted by atomic mass is 10.2. The Morgan fingerprint density at radius 3 is 2.90 bits per heavy atom. The summed E-state index contributed by atoms with van der Waals surface area (Å²) in [6.07, 6.45) is 1.57. The van der Waals surface area contributed by atoms with Gasteiger partial charge in [-0.15, -0.1) is 10.2 Å². The minimum absolute atomic E-state index is 0.102. The predicted molar refractivity (Wildman–Crippen MR) is 81.1 cm³/mol. The summed E-state index contributed by atoms with van der Waals surface area (Å²) in [5.41, 5.74) is 8.54. The molecule has 0 radical (unpaired) electrons. The van der Waals surface area contributed by atoms with Gasteiger partial charge in [0.25, 0.3) is 0 Å². The van der Waals surface area contributed by atoms with Crippen LogP contribution >= 0.6 is 23.8 Å². The zero-order chi connectivity index (χ0) is 14.4. The van der Waals surface area contributed by atoms with Crippen molar-refractivity contribution in [3.8, 4) is 11.6 Å². The van der Waals surface area contributed by atoms with Crippen molar-refractivity contribution in [1.29, 1.82) is 0 Å². The van der Waals surface area contributed by atoms with Crippen molar-refractivity contribution in [2.75, 3.05) is 0 Å². The first kappa shape index (κ1) is 14.2. The number of aromatic nitrogens is 2. The molecule has 0 atom stereocenters. The van der Waals surface area contributed by atoms with E-state index in [2.05, 4.69) is 32.9 Å². The van der Waals surface area contributed by atoms with Crippen LogP contribution in [-0.4, -0.2) is 21.5 Å². The van der Waals surface area contributed by atoms with Gasteiger partial charge in [-0.25, -0.2) is 0 Å². The summed E-state index contributed by atoms with van der Waals surface area (Å²) >= 11 is 10.3. The van der Waals surface area contributed by atoms with Crippen molar-refractivity contribution in [1.82, 2.24) is 15.6 Å². The van der Waals surface area contributed by atoms with Crippen LogP contribution in [0.3, 0.4) is 0 Å². The Kier molecular flexibility index (Phi) is 4.80. The molecule has 0 spiro atoms. The number of hydrogen-bond acceptors (Lipinski definition) is 5. The number of hydrazone groups is 1. The van der Waals surface area contributed by atoms with E-state index in [9.17, 15) is 0 Å². The third kappa shape index (κ3) is 4.45. The van der Waals surface area contributed by atoms with Gasteiger partial charge < -0.3 is 10.5 Å². The summed E-state index contributed by atoms with van der Waals surface area (Å²) in [6.45, 7) is 0. The van der Waals surface area contributed by atoms with Crippen LogP contribution < -0.4 is 15.9 Å². The molecule has 20 heavy (non-hydrogen) atoms. The second-order valence-electron chi connectivity index (χ2n) is 3.60. The van der Waals surface area contributed by atoms with E-state index >= 15 is 0 Å². The largest absolute Gasteiger partial charge is 0.438 e. The quantitative estimate of drug-likeness (QED) is 0.511. The van der Waals surface area contributed by atoms with E-state index in [0.29, 0.717) is 16.8 Å². The van der Waals surface area contributed by atoms with Crippen molar-refractivity contribution >= 4 is 35.1 Å². The summed E-state index contributed by atoms with van der Waals surface area (Å²) in [5, 5.41) is 11.8. The molecular weight excluding hydrogens is 298 g/mol. The van der Waals surface area contributed by atoms with Gasteiger partial charge in [-0.3, -0.25) is 5.43 Å². The topological polar surface area (TPSA) is 85.4 Å². The Labute approximate surface area is 125 Å². The molecule has 0 aliphatic carbocycles. The number of halogens is 1. The average molecular weight is 308 g/mol. The molecule has 0 saturated carbocycles. The summed E-state index contributed by atoms with van der Waals surface area (Å²) in [5.74, 6) is 0.950. The third-order valence-electron chi connectivity index (χ3n) is 2.08. The molecule has 6 nitrogen and oxygen atoms in total. The lowest BCUT2D eigenvalue weighted by Gasteiger charge is -2.04. The van der Waals surface area contributed by atoms with Gasteiger partial charge in [-0.2, -0.15) is 5.10 Å². The maximum atomic E-state index is 5.65. The van der Waals surface area contributed by atoms with Crippen LogP contribution in [0.15, 0.2) is 41.5 Å². The van der Waals surface area contributed by atoms with E-state index in [4.69, 9.17) is 22.1 Å². The third-order valence-corrected chi connectivity index (χ3v) is 2.37. The molecule has 0 amide bonds. The van der Waals surface area contributed by atoms with Gasteiger partial charge in [-0.05, 0) is 36.0 Å². The highest BCUT2D eigenvalue weighted by Crippen LogP contribution is 2.19. The number of nitrogens with one attached hydrogen (secondary N) is 1. The van der Waals surface area contributed by atoms with Gasteiger partial charge in [-0.1, -0.05) is 23.7 Å². The normalized spacial score (nSPS) is 10.4. The fraction of sp³-hybridized carbons (Fsp3) is 0. The molecule has 1 aromatic heterocycles. The van der Waals surface area contributed by atoms with Gasteiger partial charge in [0.05, 0.1) is 6.21 Å². The highest BCUT2D eigenvalue weighted by Gasteiger charge is 2.00. The summed E-state index contributed by atoms with van der Waals surface area (Å²) in [6, 6.07) is 10.5. The lowest BCUT2D eigenvalue weighted by molar-refractivity contribution is 0.455. The van der Waals surface area contributed by atoms with E-state index in [1.54, 1.807) is 30.5 Å². The Morgan fingerprint density at radius 2 is 2.20 bits per heavy atom. The first-order valence-corrected chi connectivity index (χ1v) is 6.28. The standard InChI is InChI=1S/C12H10ClN5OS/c13-10-4-5-11(17-16-10)19-9-3-1-2-8(6-9)7-15-18-12(14)20/h1-7H,(H3,14,18,20). The molecule has 0 saturated heterocycles. The van der Waals surface area contributed by atoms with Gasteiger partial charge in [0.15, 0.2) is 10.3 Å². The Bertz CT molecular complexity index is 632.